The van der Waals surface area contributed by atoms with Crippen LogP contribution in [-0.2, 0) is 9.59 Å². The maximum atomic E-state index is 12.5. The van der Waals surface area contributed by atoms with Crippen LogP contribution < -0.4 is 10.2 Å². The van der Waals surface area contributed by atoms with E-state index in [-0.39, 0.29) is 11.8 Å². The van der Waals surface area contributed by atoms with Crippen molar-refractivity contribution in [2.45, 2.75) is 45.6 Å². The molecule has 4 nitrogen and oxygen atoms in total. The van der Waals surface area contributed by atoms with Crippen molar-refractivity contribution in [3.8, 4) is 0 Å². The van der Waals surface area contributed by atoms with E-state index in [4.69, 9.17) is 0 Å². The maximum absolute atomic E-state index is 12.5. The highest BCUT2D eigenvalue weighted by molar-refractivity contribution is 6.06. The molecule has 1 aromatic carbocycles. The molecule has 0 saturated carbocycles. The van der Waals surface area contributed by atoms with E-state index in [9.17, 15) is 9.59 Å². The van der Waals surface area contributed by atoms with Crippen LogP contribution in [-0.4, -0.2) is 18.4 Å². The van der Waals surface area contributed by atoms with E-state index in [0.29, 0.717) is 0 Å². The first-order chi connectivity index (χ1) is 9.65. The van der Waals surface area contributed by atoms with Gasteiger partial charge in [-0.15, -0.1) is 0 Å². The molecule has 0 unspecified atom stereocenters. The Balaban J connectivity index is 2.13. The molecule has 1 aliphatic heterocycles. The molecule has 1 heterocycles. The highest BCUT2D eigenvalue weighted by atomic mass is 16.2. The lowest BCUT2D eigenvalue weighted by Gasteiger charge is -2.18. The van der Waals surface area contributed by atoms with Crippen LogP contribution in [0.2, 0.25) is 0 Å². The molecule has 0 aliphatic carbocycles. The molecule has 0 aromatic heterocycles. The molecule has 1 aromatic rings. The summed E-state index contributed by atoms with van der Waals surface area (Å²) in [5.41, 5.74) is 1.84. The monoisotopic (exact) mass is 274 g/mol. The molecule has 4 heteroatoms. The van der Waals surface area contributed by atoms with E-state index < -0.39 is 6.04 Å². The summed E-state index contributed by atoms with van der Waals surface area (Å²) in [4.78, 5) is 25.6. The van der Waals surface area contributed by atoms with Gasteiger partial charge in [0.15, 0.2) is 0 Å². The number of hydrogen-bond acceptors (Lipinski definition) is 2. The highest BCUT2D eigenvalue weighted by Gasteiger charge is 2.36. The molecule has 2 rings (SSSR count). The molecule has 0 radical (unpaired) electrons. The Labute approximate surface area is 120 Å². The van der Waals surface area contributed by atoms with Crippen molar-refractivity contribution in [1.29, 1.82) is 0 Å². The smallest absolute Gasteiger partial charge is 0.254 e. The number of benzene rings is 1. The second kappa shape index (κ2) is 6.55. The standard InChI is InChI=1S/C16H22N2O2/c1-3-4-5-8-11-18-14-10-7-6-9-13(14)15(16(18)20)17-12(2)19/h6-7,9-10,15H,3-5,8,11H2,1-2H3,(H,17,19)/t15-/m0/s1. The first-order valence-corrected chi connectivity index (χ1v) is 7.32. The predicted molar refractivity (Wildman–Crippen MR) is 79.5 cm³/mol. The third-order valence-electron chi connectivity index (χ3n) is 3.63. The SMILES string of the molecule is CCCCCCN1C(=O)[C@@H](NC(C)=O)c2ccccc21. The van der Waals surface area contributed by atoms with Crippen molar-refractivity contribution < 1.29 is 9.59 Å². The molecule has 0 bridgehead atoms. The Morgan fingerprint density at radius 3 is 2.70 bits per heavy atom. The Morgan fingerprint density at radius 1 is 1.25 bits per heavy atom. The highest BCUT2D eigenvalue weighted by Crippen LogP contribution is 2.35. The summed E-state index contributed by atoms with van der Waals surface area (Å²) in [5, 5.41) is 2.75. The second-order valence-corrected chi connectivity index (χ2v) is 5.24. The normalized spacial score (nSPS) is 17.2. The number of hydrogen-bond donors (Lipinski definition) is 1. The number of para-hydroxylation sites is 1. The molecule has 108 valence electrons. The van der Waals surface area contributed by atoms with E-state index in [0.717, 1.165) is 30.6 Å². The fourth-order valence-corrected chi connectivity index (χ4v) is 2.66. The van der Waals surface area contributed by atoms with E-state index in [1.165, 1.54) is 19.8 Å². The number of rotatable bonds is 6. The van der Waals surface area contributed by atoms with Gasteiger partial charge in [0.1, 0.15) is 6.04 Å². The van der Waals surface area contributed by atoms with Gasteiger partial charge in [-0.25, -0.2) is 0 Å². The lowest BCUT2D eigenvalue weighted by Crippen LogP contribution is -2.37. The molecule has 1 atom stereocenters. The molecular formula is C16H22N2O2. The van der Waals surface area contributed by atoms with Gasteiger partial charge in [0.2, 0.25) is 5.91 Å². The van der Waals surface area contributed by atoms with Crippen molar-refractivity contribution in [1.82, 2.24) is 5.32 Å². The minimum absolute atomic E-state index is 0.0158. The molecule has 1 N–H and O–H groups in total. The van der Waals surface area contributed by atoms with Gasteiger partial charge in [-0.3, -0.25) is 9.59 Å². The molecule has 0 saturated heterocycles. The van der Waals surface area contributed by atoms with Gasteiger partial charge in [0.25, 0.3) is 5.91 Å². The summed E-state index contributed by atoms with van der Waals surface area (Å²) in [6, 6.07) is 7.19. The van der Waals surface area contributed by atoms with E-state index >= 15 is 0 Å². The number of carbonyl (C=O) groups excluding carboxylic acids is 2. The van der Waals surface area contributed by atoms with Crippen LogP contribution in [0.3, 0.4) is 0 Å². The average Bonchev–Trinajstić information content (AvgIpc) is 2.68. The number of anilines is 1. The van der Waals surface area contributed by atoms with Gasteiger partial charge in [0.05, 0.1) is 0 Å². The summed E-state index contributed by atoms with van der Waals surface area (Å²) in [6.07, 6.45) is 4.51. The zero-order valence-corrected chi connectivity index (χ0v) is 12.2. The number of unbranched alkanes of at least 4 members (excludes halogenated alkanes) is 3. The van der Waals surface area contributed by atoms with Crippen LogP contribution >= 0.6 is 0 Å². The second-order valence-electron chi connectivity index (χ2n) is 5.24. The Hall–Kier alpha value is -1.84. The lowest BCUT2D eigenvalue weighted by molar-refractivity contribution is -0.126. The van der Waals surface area contributed by atoms with Gasteiger partial charge >= 0.3 is 0 Å². The number of amides is 2. The molecule has 0 spiro atoms. The third-order valence-corrected chi connectivity index (χ3v) is 3.63. The minimum Gasteiger partial charge on any atom is -0.341 e. The quantitative estimate of drug-likeness (QED) is 0.811. The van der Waals surface area contributed by atoms with Crippen molar-refractivity contribution in [3.05, 3.63) is 29.8 Å². The largest absolute Gasteiger partial charge is 0.341 e. The summed E-state index contributed by atoms with van der Waals surface area (Å²) in [7, 11) is 0. The fraction of sp³-hybridized carbons (Fsp3) is 0.500. The number of nitrogens with zero attached hydrogens (tertiary/aromatic N) is 1. The molecular weight excluding hydrogens is 252 g/mol. The molecule has 20 heavy (non-hydrogen) atoms. The van der Waals surface area contributed by atoms with Crippen molar-refractivity contribution in [2.24, 2.45) is 0 Å². The third kappa shape index (κ3) is 3.00. The predicted octanol–water partition coefficient (Wildman–Crippen LogP) is 2.79. The van der Waals surface area contributed by atoms with E-state index in [1.54, 1.807) is 0 Å². The average molecular weight is 274 g/mol. The van der Waals surface area contributed by atoms with Gasteiger partial charge in [-0.05, 0) is 12.5 Å². The molecule has 1 aliphatic rings. The fourth-order valence-electron chi connectivity index (χ4n) is 2.66. The number of nitrogens with one attached hydrogen (secondary N) is 1. The van der Waals surface area contributed by atoms with Crippen LogP contribution in [0.5, 0.6) is 0 Å². The van der Waals surface area contributed by atoms with Crippen LogP contribution in [0.25, 0.3) is 0 Å². The van der Waals surface area contributed by atoms with Gasteiger partial charge in [-0.2, -0.15) is 0 Å². The van der Waals surface area contributed by atoms with Crippen LogP contribution in [0.4, 0.5) is 5.69 Å². The van der Waals surface area contributed by atoms with Crippen LogP contribution in [0.15, 0.2) is 24.3 Å². The zero-order chi connectivity index (χ0) is 14.5. The van der Waals surface area contributed by atoms with Gasteiger partial charge in [-0.1, -0.05) is 44.4 Å². The maximum Gasteiger partial charge on any atom is 0.254 e. The summed E-state index contributed by atoms with van der Waals surface area (Å²) in [5.74, 6) is -0.191. The van der Waals surface area contributed by atoms with Gasteiger partial charge < -0.3 is 10.2 Å². The summed E-state index contributed by atoms with van der Waals surface area (Å²) < 4.78 is 0. The van der Waals surface area contributed by atoms with E-state index in [2.05, 4.69) is 12.2 Å². The van der Waals surface area contributed by atoms with Crippen molar-refractivity contribution in [2.75, 3.05) is 11.4 Å². The van der Waals surface area contributed by atoms with Crippen molar-refractivity contribution >= 4 is 17.5 Å². The minimum atomic E-state index is -0.519. The first-order valence-electron chi connectivity index (χ1n) is 7.32. The Morgan fingerprint density at radius 2 is 2.00 bits per heavy atom. The molecule has 0 fully saturated rings. The Kier molecular flexibility index (Phi) is 4.77. The Bertz CT molecular complexity index is 499. The summed E-state index contributed by atoms with van der Waals surface area (Å²) in [6.45, 7) is 4.34. The van der Waals surface area contributed by atoms with Crippen LogP contribution in [0, 0.1) is 0 Å². The van der Waals surface area contributed by atoms with Crippen molar-refractivity contribution in [3.63, 3.8) is 0 Å². The van der Waals surface area contributed by atoms with E-state index in [1.807, 2.05) is 29.2 Å². The van der Waals surface area contributed by atoms with Gasteiger partial charge in [0, 0.05) is 24.7 Å². The molecule has 2 amide bonds. The summed E-state index contributed by atoms with van der Waals surface area (Å²) >= 11 is 0. The lowest BCUT2D eigenvalue weighted by atomic mass is 10.1. The van der Waals surface area contributed by atoms with Crippen LogP contribution in [0.1, 0.15) is 51.1 Å². The first kappa shape index (κ1) is 14.6. The number of carbonyl (C=O) groups is 2. The zero-order valence-electron chi connectivity index (χ0n) is 12.2. The number of fused-ring (bicyclic) bond motifs is 1. The topological polar surface area (TPSA) is 49.4 Å².